The van der Waals surface area contributed by atoms with Crippen molar-refractivity contribution in [3.8, 4) is 0 Å². The van der Waals surface area contributed by atoms with Crippen molar-refractivity contribution in [1.29, 1.82) is 0 Å². The third-order valence-electron chi connectivity index (χ3n) is 3.21. The summed E-state index contributed by atoms with van der Waals surface area (Å²) in [6.45, 7) is 5.82. The van der Waals surface area contributed by atoms with Crippen LogP contribution in [0.15, 0.2) is 30.5 Å². The maximum atomic E-state index is 12.7. The zero-order valence-electron chi connectivity index (χ0n) is 12.0. The molecule has 0 saturated carbocycles. The molecule has 6 heteroatoms. The lowest BCUT2D eigenvalue weighted by Crippen LogP contribution is -2.11. The zero-order valence-corrected chi connectivity index (χ0v) is 12.0. The molecule has 0 radical (unpaired) electrons. The predicted molar refractivity (Wildman–Crippen MR) is 74.9 cm³/mol. The predicted octanol–water partition coefficient (Wildman–Crippen LogP) is 3.37. The first-order valence-corrected chi connectivity index (χ1v) is 6.80. The normalized spacial score (nSPS) is 11.9. The first-order valence-electron chi connectivity index (χ1n) is 6.80. The van der Waals surface area contributed by atoms with E-state index >= 15 is 0 Å². The van der Waals surface area contributed by atoms with Gasteiger partial charge in [-0.15, -0.1) is 0 Å². The number of nitrogens with one attached hydrogen (secondary N) is 1. The average molecular weight is 297 g/mol. The Kier molecular flexibility index (Phi) is 4.67. The number of hydrogen-bond donors (Lipinski definition) is 1. The van der Waals surface area contributed by atoms with Gasteiger partial charge in [-0.3, -0.25) is 4.68 Å². The van der Waals surface area contributed by atoms with Crippen LogP contribution in [0.3, 0.4) is 0 Å². The van der Waals surface area contributed by atoms with Gasteiger partial charge in [-0.25, -0.2) is 0 Å². The molecule has 0 bridgehead atoms. The highest BCUT2D eigenvalue weighted by atomic mass is 19.4. The number of halogens is 3. The summed E-state index contributed by atoms with van der Waals surface area (Å²) >= 11 is 0. The number of aromatic nitrogens is 2. The Labute approximate surface area is 121 Å². The molecule has 21 heavy (non-hydrogen) atoms. The molecular formula is C15H18F3N3. The van der Waals surface area contributed by atoms with Crippen LogP contribution in [0, 0.1) is 6.92 Å². The average Bonchev–Trinajstić information content (AvgIpc) is 2.76. The third kappa shape index (κ3) is 4.07. The van der Waals surface area contributed by atoms with Crippen LogP contribution >= 0.6 is 0 Å². The van der Waals surface area contributed by atoms with Crippen molar-refractivity contribution in [2.75, 3.05) is 6.54 Å². The quantitative estimate of drug-likeness (QED) is 0.917. The van der Waals surface area contributed by atoms with Gasteiger partial charge in [0.2, 0.25) is 0 Å². The minimum Gasteiger partial charge on any atom is -0.313 e. The highest BCUT2D eigenvalue weighted by Crippen LogP contribution is 2.29. The van der Waals surface area contributed by atoms with Crippen molar-refractivity contribution in [2.24, 2.45) is 0 Å². The van der Waals surface area contributed by atoms with Gasteiger partial charge in [0.1, 0.15) is 0 Å². The van der Waals surface area contributed by atoms with E-state index in [4.69, 9.17) is 0 Å². The van der Waals surface area contributed by atoms with Crippen molar-refractivity contribution < 1.29 is 13.2 Å². The molecular weight excluding hydrogens is 279 g/mol. The number of benzene rings is 1. The number of nitrogens with zero attached hydrogens (tertiary/aromatic N) is 2. The van der Waals surface area contributed by atoms with Gasteiger partial charge in [0.05, 0.1) is 17.8 Å². The highest BCUT2D eigenvalue weighted by Gasteiger charge is 2.30. The van der Waals surface area contributed by atoms with Crippen molar-refractivity contribution in [3.05, 3.63) is 52.8 Å². The van der Waals surface area contributed by atoms with E-state index in [0.717, 1.165) is 23.9 Å². The minimum absolute atomic E-state index is 0.330. The fraction of sp³-hybridized carbons (Fsp3) is 0.400. The SMILES string of the molecule is CCNCc1cn(Cc2cccc(C(F)(F)F)c2)nc1C. The second kappa shape index (κ2) is 6.30. The van der Waals surface area contributed by atoms with Crippen LogP contribution in [0.25, 0.3) is 0 Å². The second-order valence-electron chi connectivity index (χ2n) is 4.92. The van der Waals surface area contributed by atoms with Gasteiger partial charge in [-0.1, -0.05) is 19.1 Å². The molecule has 1 heterocycles. The topological polar surface area (TPSA) is 29.9 Å². The van der Waals surface area contributed by atoms with Gasteiger partial charge in [-0.2, -0.15) is 18.3 Å². The standard InChI is InChI=1S/C15H18F3N3/c1-3-19-8-13-10-21(20-11(13)2)9-12-5-4-6-14(7-12)15(16,17)18/h4-7,10,19H,3,8-9H2,1-2H3. The molecule has 1 N–H and O–H groups in total. The lowest BCUT2D eigenvalue weighted by molar-refractivity contribution is -0.137. The van der Waals surface area contributed by atoms with E-state index in [-0.39, 0.29) is 0 Å². The summed E-state index contributed by atoms with van der Waals surface area (Å²) < 4.78 is 39.7. The van der Waals surface area contributed by atoms with Crippen molar-refractivity contribution >= 4 is 0 Å². The molecule has 1 aromatic heterocycles. The van der Waals surface area contributed by atoms with Crippen molar-refractivity contribution in [3.63, 3.8) is 0 Å². The second-order valence-corrected chi connectivity index (χ2v) is 4.92. The molecule has 3 nitrogen and oxygen atoms in total. The summed E-state index contributed by atoms with van der Waals surface area (Å²) in [5, 5.41) is 7.56. The van der Waals surface area contributed by atoms with Crippen LogP contribution in [0.4, 0.5) is 13.2 Å². The first kappa shape index (κ1) is 15.6. The Morgan fingerprint density at radius 2 is 2.05 bits per heavy atom. The van der Waals surface area contributed by atoms with Crippen LogP contribution in [-0.2, 0) is 19.3 Å². The lowest BCUT2D eigenvalue weighted by atomic mass is 10.1. The van der Waals surface area contributed by atoms with Crippen molar-refractivity contribution in [2.45, 2.75) is 33.1 Å². The highest BCUT2D eigenvalue weighted by molar-refractivity contribution is 5.26. The molecule has 0 aliphatic carbocycles. The molecule has 0 aliphatic rings. The summed E-state index contributed by atoms with van der Waals surface area (Å²) in [5.74, 6) is 0. The molecule has 1 aromatic carbocycles. The number of alkyl halides is 3. The molecule has 0 amide bonds. The Bertz CT molecular complexity index is 602. The van der Waals surface area contributed by atoms with E-state index in [1.807, 2.05) is 20.0 Å². The maximum Gasteiger partial charge on any atom is 0.416 e. The van der Waals surface area contributed by atoms with E-state index in [0.29, 0.717) is 18.7 Å². The summed E-state index contributed by atoms with van der Waals surface area (Å²) in [6, 6.07) is 5.35. The molecule has 0 atom stereocenters. The summed E-state index contributed by atoms with van der Waals surface area (Å²) in [4.78, 5) is 0. The van der Waals surface area contributed by atoms with Gasteiger partial charge in [0.15, 0.2) is 0 Å². The van der Waals surface area contributed by atoms with Crippen molar-refractivity contribution in [1.82, 2.24) is 15.1 Å². The monoisotopic (exact) mass is 297 g/mol. The fourth-order valence-electron chi connectivity index (χ4n) is 2.11. The van der Waals surface area contributed by atoms with E-state index in [9.17, 15) is 13.2 Å². The number of hydrogen-bond acceptors (Lipinski definition) is 2. The summed E-state index contributed by atoms with van der Waals surface area (Å²) in [7, 11) is 0. The molecule has 114 valence electrons. The maximum absolute atomic E-state index is 12.7. The first-order chi connectivity index (χ1) is 9.90. The van der Waals surface area contributed by atoms with Gasteiger partial charge in [-0.05, 0) is 31.2 Å². The molecule has 0 unspecified atom stereocenters. The molecule has 0 fully saturated rings. The van der Waals surface area contributed by atoms with Gasteiger partial charge in [0, 0.05) is 18.3 Å². The summed E-state index contributed by atoms with van der Waals surface area (Å²) in [6.07, 6.45) is -2.44. The lowest BCUT2D eigenvalue weighted by Gasteiger charge is -2.08. The molecule has 0 aliphatic heterocycles. The Hall–Kier alpha value is -1.82. The van der Waals surface area contributed by atoms with Gasteiger partial charge < -0.3 is 5.32 Å². The fourth-order valence-corrected chi connectivity index (χ4v) is 2.11. The van der Waals surface area contributed by atoms with E-state index in [1.165, 1.54) is 12.1 Å². The smallest absolute Gasteiger partial charge is 0.313 e. The minimum atomic E-state index is -4.31. The largest absolute Gasteiger partial charge is 0.416 e. The van der Waals surface area contributed by atoms with Crippen LogP contribution < -0.4 is 5.32 Å². The Morgan fingerprint density at radius 3 is 2.71 bits per heavy atom. The molecule has 2 aromatic rings. The van der Waals surface area contributed by atoms with E-state index < -0.39 is 11.7 Å². The van der Waals surface area contributed by atoms with Gasteiger partial charge in [0.25, 0.3) is 0 Å². The Morgan fingerprint density at radius 1 is 1.29 bits per heavy atom. The van der Waals surface area contributed by atoms with Crippen LogP contribution in [0.1, 0.15) is 29.3 Å². The van der Waals surface area contributed by atoms with E-state index in [1.54, 1.807) is 10.7 Å². The summed E-state index contributed by atoms with van der Waals surface area (Å²) in [5.41, 5.74) is 1.91. The van der Waals surface area contributed by atoms with Gasteiger partial charge >= 0.3 is 6.18 Å². The van der Waals surface area contributed by atoms with E-state index in [2.05, 4.69) is 10.4 Å². The van der Waals surface area contributed by atoms with Crippen LogP contribution in [0.5, 0.6) is 0 Å². The molecule has 0 saturated heterocycles. The zero-order chi connectivity index (χ0) is 15.5. The van der Waals surface area contributed by atoms with Crippen LogP contribution in [0.2, 0.25) is 0 Å². The van der Waals surface area contributed by atoms with Crippen LogP contribution in [-0.4, -0.2) is 16.3 Å². The third-order valence-corrected chi connectivity index (χ3v) is 3.21. The number of aryl methyl sites for hydroxylation is 1. The molecule has 2 rings (SSSR count). The Balaban J connectivity index is 2.15. The number of rotatable bonds is 5. The molecule has 0 spiro atoms.